The molecule has 4 N–H and O–H groups in total. The Morgan fingerprint density at radius 2 is 1.29 bits per heavy atom. The van der Waals surface area contributed by atoms with E-state index in [-0.39, 0.29) is 52.6 Å². The van der Waals surface area contributed by atoms with Crippen molar-refractivity contribution >= 4 is 41.1 Å². The molecule has 3 heterocycles. The summed E-state index contributed by atoms with van der Waals surface area (Å²) in [4.78, 5) is 28.3. The molecular weight excluding hydrogens is 869 g/mol. The number of pyridine rings is 2. The Balaban J connectivity index is 1.06. The Hall–Kier alpha value is -6.35. The largest absolute Gasteiger partial charge is 0.488 e. The number of aliphatic hydroxyl groups excluding tert-OH is 2. The Kier molecular flexibility index (Phi) is 15.8. The number of aliphatic hydroxyl groups is 2. The number of carboxylic acid groups (broad SMARTS) is 1. The van der Waals surface area contributed by atoms with Gasteiger partial charge in [-0.2, -0.15) is 0 Å². The van der Waals surface area contributed by atoms with Crippen molar-refractivity contribution in [2.75, 3.05) is 20.2 Å². The van der Waals surface area contributed by atoms with Crippen molar-refractivity contribution < 1.29 is 39.1 Å². The van der Waals surface area contributed by atoms with Gasteiger partial charge in [-0.15, -0.1) is 0 Å². The fourth-order valence-electron chi connectivity index (χ4n) is 7.22. The molecule has 336 valence electrons. The third kappa shape index (κ3) is 12.3. The molecule has 0 amide bonds. The van der Waals surface area contributed by atoms with E-state index < -0.39 is 12.0 Å². The molecule has 2 aromatic heterocycles. The Morgan fingerprint density at radius 3 is 1.85 bits per heavy atom. The van der Waals surface area contributed by atoms with Crippen LogP contribution in [0.1, 0.15) is 62.1 Å². The average molecular weight is 919 g/mol. The number of aromatic nitrogens is 2. The normalized spacial score (nSPS) is 12.5. The second kappa shape index (κ2) is 22.0. The van der Waals surface area contributed by atoms with Gasteiger partial charge in [-0.05, 0) is 71.5 Å². The van der Waals surface area contributed by atoms with Gasteiger partial charge in [0, 0.05) is 96.1 Å². The van der Waals surface area contributed by atoms with Crippen LogP contribution in [0.25, 0.3) is 11.1 Å². The van der Waals surface area contributed by atoms with Crippen LogP contribution in [0.2, 0.25) is 10.0 Å². The van der Waals surface area contributed by atoms with Gasteiger partial charge in [0.2, 0.25) is 0 Å². The van der Waals surface area contributed by atoms with Crippen molar-refractivity contribution in [3.05, 3.63) is 163 Å². The molecule has 0 radical (unpaired) electrons. The molecule has 0 aliphatic carbocycles. The molecule has 1 aliphatic rings. The number of benzene rings is 4. The van der Waals surface area contributed by atoms with Gasteiger partial charge in [0.05, 0.1) is 41.9 Å². The monoisotopic (exact) mass is 917 g/mol. The molecule has 1 aliphatic heterocycles. The molecule has 0 saturated carbocycles. The van der Waals surface area contributed by atoms with Crippen LogP contribution in [0.3, 0.4) is 0 Å². The number of nitrogens with one attached hydrogen (secondary N) is 1. The van der Waals surface area contributed by atoms with Crippen LogP contribution in [0, 0.1) is 13.8 Å². The van der Waals surface area contributed by atoms with E-state index in [1.54, 1.807) is 62.3 Å². The standard InChI is InChI=1S/C50H49Cl2N5O8/c1-30-35(28-64-48-15-46(62-27-34-11-37(21-55-20-34)45-23-57-45)38(12-43(48)51)22-56-40(25-59)14-50(60)61)6-4-8-41(30)42-9-5-7-36(31(42)2)29-65-49-16-47(39(24-58)13-44(49)52)63-26-33-10-32(17-53-3)18-54-19-33/h4-13,15-21,40,56,58-59H,14,22-29H2,1-3H3,(H,60,61)/b53-17+/t40-/m1/s1. The van der Waals surface area contributed by atoms with E-state index in [2.05, 4.69) is 51.2 Å². The number of carbonyl (C=O) groups is 1. The van der Waals surface area contributed by atoms with E-state index in [0.29, 0.717) is 50.7 Å². The molecule has 65 heavy (non-hydrogen) atoms. The number of hydrogen-bond donors (Lipinski definition) is 4. The lowest BCUT2D eigenvalue weighted by molar-refractivity contribution is -0.137. The molecule has 0 unspecified atom stereocenters. The van der Waals surface area contributed by atoms with Crippen molar-refractivity contribution in [3.63, 3.8) is 0 Å². The van der Waals surface area contributed by atoms with Crippen molar-refractivity contribution in [1.29, 1.82) is 0 Å². The topological polar surface area (TPSA) is 177 Å². The summed E-state index contributed by atoms with van der Waals surface area (Å²) in [7, 11) is 1.70. The highest BCUT2D eigenvalue weighted by Gasteiger charge is 2.19. The van der Waals surface area contributed by atoms with Crippen LogP contribution >= 0.6 is 23.2 Å². The highest BCUT2D eigenvalue weighted by Crippen LogP contribution is 2.37. The summed E-state index contributed by atoms with van der Waals surface area (Å²) in [6, 6.07) is 22.2. The summed E-state index contributed by atoms with van der Waals surface area (Å²) >= 11 is 13.5. The Labute approximate surface area is 387 Å². The minimum atomic E-state index is -1.03. The lowest BCUT2D eigenvalue weighted by Crippen LogP contribution is -2.34. The number of carboxylic acids is 1. The first kappa shape index (κ1) is 46.6. The van der Waals surface area contributed by atoms with Crippen LogP contribution in [0.15, 0.2) is 108 Å². The van der Waals surface area contributed by atoms with Crippen LogP contribution in [0.5, 0.6) is 23.0 Å². The number of hydrogen-bond acceptors (Lipinski definition) is 12. The highest BCUT2D eigenvalue weighted by molar-refractivity contribution is 6.32. The SMILES string of the molecule is C/N=C/c1cncc(COc2cc(OCc3cccc(-c4cccc(COc5cc(OCc6cncc(C7=NC7)c6)c(CN[C@@H](CO)CC(=O)O)cc5Cl)c4C)c3C)c(Cl)cc2CO)c1. The molecule has 1 atom stereocenters. The zero-order chi connectivity index (χ0) is 45.9. The van der Waals surface area contributed by atoms with Gasteiger partial charge in [-0.1, -0.05) is 59.6 Å². The number of aliphatic imine (C=N–C) groups is 2. The van der Waals surface area contributed by atoms with Gasteiger partial charge in [0.15, 0.2) is 0 Å². The van der Waals surface area contributed by atoms with E-state index in [1.165, 1.54) is 0 Å². The van der Waals surface area contributed by atoms with Crippen molar-refractivity contribution in [2.45, 2.75) is 65.9 Å². The second-order valence-electron chi connectivity index (χ2n) is 15.5. The lowest BCUT2D eigenvalue weighted by Gasteiger charge is -2.19. The predicted molar refractivity (Wildman–Crippen MR) is 251 cm³/mol. The van der Waals surface area contributed by atoms with Gasteiger partial charge in [0.1, 0.15) is 49.4 Å². The molecule has 0 bridgehead atoms. The molecule has 13 nitrogen and oxygen atoms in total. The fraction of sp³-hybridized carbons (Fsp3) is 0.260. The zero-order valence-electron chi connectivity index (χ0n) is 36.2. The summed E-state index contributed by atoms with van der Waals surface area (Å²) in [5.41, 5.74) is 11.7. The predicted octanol–water partition coefficient (Wildman–Crippen LogP) is 8.65. The van der Waals surface area contributed by atoms with Gasteiger partial charge in [-0.3, -0.25) is 24.7 Å². The van der Waals surface area contributed by atoms with Crippen LogP contribution in [-0.2, 0) is 44.4 Å². The fourth-order valence-corrected chi connectivity index (χ4v) is 7.70. The molecule has 7 rings (SSSR count). The van der Waals surface area contributed by atoms with Crippen molar-refractivity contribution in [2.24, 2.45) is 9.98 Å². The van der Waals surface area contributed by atoms with E-state index in [4.69, 9.17) is 42.1 Å². The number of ether oxygens (including phenoxy) is 4. The quantitative estimate of drug-likeness (QED) is 0.0480. The Bertz CT molecular complexity index is 2730. The third-order valence-electron chi connectivity index (χ3n) is 10.9. The minimum Gasteiger partial charge on any atom is -0.488 e. The number of nitrogens with zero attached hydrogens (tertiary/aromatic N) is 4. The van der Waals surface area contributed by atoms with E-state index in [9.17, 15) is 20.1 Å². The van der Waals surface area contributed by atoms with E-state index >= 15 is 0 Å². The molecular formula is C50H49Cl2N5O8. The zero-order valence-corrected chi connectivity index (χ0v) is 37.7. The second-order valence-corrected chi connectivity index (χ2v) is 16.3. The lowest BCUT2D eigenvalue weighted by atomic mass is 9.92. The van der Waals surface area contributed by atoms with Gasteiger partial charge in [0.25, 0.3) is 0 Å². The maximum Gasteiger partial charge on any atom is 0.305 e. The van der Waals surface area contributed by atoms with Crippen LogP contribution in [-0.4, -0.2) is 69.4 Å². The first-order chi connectivity index (χ1) is 31.5. The number of halogens is 2. The Morgan fingerprint density at radius 1 is 0.738 bits per heavy atom. The molecule has 0 saturated heterocycles. The number of rotatable bonds is 22. The molecule has 0 spiro atoms. The molecule has 15 heteroatoms. The summed E-state index contributed by atoms with van der Waals surface area (Å²) in [5, 5.41) is 33.0. The van der Waals surface area contributed by atoms with E-state index in [1.807, 2.05) is 36.4 Å². The summed E-state index contributed by atoms with van der Waals surface area (Å²) in [6.07, 6.45) is 8.41. The maximum absolute atomic E-state index is 11.4. The first-order valence-electron chi connectivity index (χ1n) is 20.9. The first-order valence-corrected chi connectivity index (χ1v) is 21.6. The van der Waals surface area contributed by atoms with Crippen LogP contribution < -0.4 is 24.3 Å². The summed E-state index contributed by atoms with van der Waals surface area (Å²) in [6.45, 7) is 5.25. The van der Waals surface area contributed by atoms with Crippen LogP contribution in [0.4, 0.5) is 0 Å². The van der Waals surface area contributed by atoms with Crippen molar-refractivity contribution in [3.8, 4) is 34.1 Å². The minimum absolute atomic E-state index is 0.190. The van der Waals surface area contributed by atoms with Crippen molar-refractivity contribution in [1.82, 2.24) is 15.3 Å². The molecule has 6 aromatic rings. The maximum atomic E-state index is 11.4. The summed E-state index contributed by atoms with van der Waals surface area (Å²) in [5.74, 6) is 0.729. The van der Waals surface area contributed by atoms with Gasteiger partial charge in [-0.25, -0.2) is 0 Å². The number of aliphatic carboxylic acids is 1. The van der Waals surface area contributed by atoms with Gasteiger partial charge < -0.3 is 39.6 Å². The summed E-state index contributed by atoms with van der Waals surface area (Å²) < 4.78 is 25.1. The average Bonchev–Trinajstić information content (AvgIpc) is 4.16. The third-order valence-corrected chi connectivity index (χ3v) is 11.5. The smallest absolute Gasteiger partial charge is 0.305 e. The van der Waals surface area contributed by atoms with E-state index in [0.717, 1.165) is 61.3 Å². The molecule has 0 fully saturated rings. The molecule has 4 aromatic carbocycles. The van der Waals surface area contributed by atoms with Gasteiger partial charge >= 0.3 is 5.97 Å². The highest BCUT2D eigenvalue weighted by atomic mass is 35.5.